The molecule has 7 heteroatoms. The zero-order valence-corrected chi connectivity index (χ0v) is 16.6. The summed E-state index contributed by atoms with van der Waals surface area (Å²) >= 11 is 0. The molecule has 2 aliphatic rings. The van der Waals surface area contributed by atoms with Crippen LogP contribution in [0.1, 0.15) is 44.1 Å². The van der Waals surface area contributed by atoms with Gasteiger partial charge < -0.3 is 14.8 Å². The van der Waals surface area contributed by atoms with Crippen LogP contribution in [0.5, 0.6) is 17.2 Å². The highest BCUT2D eigenvalue weighted by Crippen LogP contribution is 2.37. The van der Waals surface area contributed by atoms with Gasteiger partial charge in [-0.1, -0.05) is 25.0 Å². The fraction of sp³-hybridized carbons (Fsp3) is 0.435. The summed E-state index contributed by atoms with van der Waals surface area (Å²) in [6.45, 7) is 2.06. The molecule has 4 rings (SSSR count). The lowest BCUT2D eigenvalue weighted by Gasteiger charge is -2.42. The minimum absolute atomic E-state index is 0.0739. The van der Waals surface area contributed by atoms with Crippen LogP contribution in [-0.4, -0.2) is 24.2 Å². The third-order valence-corrected chi connectivity index (χ3v) is 5.95. The number of Topliss-reactive ketones (excluding diaryl/α,β-unsaturated/α-hetero) is 1. The molecule has 1 aliphatic heterocycles. The Bertz CT molecular complexity index is 880. The largest absolute Gasteiger partial charge is 0.573 e. The molecule has 4 nitrogen and oxygen atoms in total. The van der Waals surface area contributed by atoms with E-state index < -0.39 is 6.36 Å². The summed E-state index contributed by atoms with van der Waals surface area (Å²) in [4.78, 5) is 13.1. The topological polar surface area (TPSA) is 47.6 Å². The molecule has 2 fully saturated rings. The second kappa shape index (κ2) is 8.30. The first kappa shape index (κ1) is 20.7. The Labute approximate surface area is 173 Å². The van der Waals surface area contributed by atoms with E-state index in [0.717, 1.165) is 24.8 Å². The molecule has 4 atom stereocenters. The maximum atomic E-state index is 13.1. The first-order chi connectivity index (χ1) is 14.3. The number of ether oxygens (including phenoxy) is 2. The van der Waals surface area contributed by atoms with Crippen molar-refractivity contribution in [2.75, 3.05) is 0 Å². The van der Waals surface area contributed by atoms with Crippen LogP contribution < -0.4 is 14.8 Å². The monoisotopic (exact) mass is 419 g/mol. The molecule has 2 aromatic carbocycles. The van der Waals surface area contributed by atoms with Crippen molar-refractivity contribution in [3.63, 3.8) is 0 Å². The van der Waals surface area contributed by atoms with Crippen LogP contribution in [0.15, 0.2) is 48.5 Å². The summed E-state index contributed by atoms with van der Waals surface area (Å²) in [7, 11) is 0. The number of carbonyl (C=O) groups is 1. The van der Waals surface area contributed by atoms with E-state index in [9.17, 15) is 18.0 Å². The highest BCUT2D eigenvalue weighted by atomic mass is 19.4. The van der Waals surface area contributed by atoms with Crippen molar-refractivity contribution in [2.24, 2.45) is 5.92 Å². The van der Waals surface area contributed by atoms with Gasteiger partial charge in [0.15, 0.2) is 0 Å². The van der Waals surface area contributed by atoms with Gasteiger partial charge in [-0.05, 0) is 61.7 Å². The van der Waals surface area contributed by atoms with Gasteiger partial charge in [-0.25, -0.2) is 0 Å². The number of alkyl halides is 3. The van der Waals surface area contributed by atoms with Crippen molar-refractivity contribution < 1.29 is 27.4 Å². The highest BCUT2D eigenvalue weighted by molar-refractivity contribution is 5.90. The van der Waals surface area contributed by atoms with Gasteiger partial charge in [0.25, 0.3) is 0 Å². The molecule has 0 radical (unpaired) electrons. The van der Waals surface area contributed by atoms with E-state index in [1.807, 2.05) is 12.1 Å². The summed E-state index contributed by atoms with van der Waals surface area (Å²) < 4.78 is 46.3. The molecule has 2 aromatic rings. The molecule has 0 amide bonds. The maximum Gasteiger partial charge on any atom is 0.573 e. The summed E-state index contributed by atoms with van der Waals surface area (Å²) in [5.74, 6) is 0.864. The zero-order valence-electron chi connectivity index (χ0n) is 16.6. The zero-order chi connectivity index (χ0) is 21.3. The number of halogens is 3. The Hall–Kier alpha value is -2.54. The standard InChI is InChI=1S/C23H24F3NO3/c1-14-21(22(28)19-4-2-3-5-20(19)27-14)15-6-8-16(9-7-15)29-17-10-12-18(13-11-17)30-23(24,25)26/h6-14,19-21,27H,2-5H2,1H3. The molecule has 1 heterocycles. The SMILES string of the molecule is CC1NC2CCCCC2C(=O)C1c1ccc(Oc2ccc(OC(F)(F)F)cc2)cc1. The predicted octanol–water partition coefficient (Wildman–Crippen LogP) is 5.58. The first-order valence-corrected chi connectivity index (χ1v) is 10.2. The van der Waals surface area contributed by atoms with Gasteiger partial charge in [0.1, 0.15) is 23.0 Å². The number of benzene rings is 2. The van der Waals surface area contributed by atoms with Gasteiger partial charge in [0, 0.05) is 18.0 Å². The van der Waals surface area contributed by atoms with Gasteiger partial charge in [0.05, 0.1) is 5.92 Å². The Morgan fingerprint density at radius 2 is 1.47 bits per heavy atom. The number of hydrogen-bond donors (Lipinski definition) is 1. The molecular formula is C23H24F3NO3. The van der Waals surface area contributed by atoms with Crippen LogP contribution in [0.3, 0.4) is 0 Å². The molecule has 1 aliphatic carbocycles. The lowest BCUT2D eigenvalue weighted by Crippen LogP contribution is -2.56. The Balaban J connectivity index is 1.43. The fourth-order valence-electron chi connectivity index (χ4n) is 4.62. The van der Waals surface area contributed by atoms with Gasteiger partial charge in [-0.15, -0.1) is 13.2 Å². The van der Waals surface area contributed by atoms with Crippen molar-refractivity contribution in [3.8, 4) is 17.2 Å². The lowest BCUT2D eigenvalue weighted by atomic mass is 9.71. The summed E-state index contributed by atoms with van der Waals surface area (Å²) in [5.41, 5.74) is 0.949. The van der Waals surface area contributed by atoms with Crippen LogP contribution in [0.4, 0.5) is 13.2 Å². The summed E-state index contributed by atoms with van der Waals surface area (Å²) in [5, 5.41) is 3.63. The number of nitrogens with one attached hydrogen (secondary N) is 1. The molecule has 4 unspecified atom stereocenters. The molecule has 1 N–H and O–H groups in total. The molecule has 30 heavy (non-hydrogen) atoms. The molecule has 0 aromatic heterocycles. The van der Waals surface area contributed by atoms with Crippen LogP contribution in [0, 0.1) is 5.92 Å². The van der Waals surface area contributed by atoms with E-state index in [2.05, 4.69) is 17.0 Å². The summed E-state index contributed by atoms with van der Waals surface area (Å²) in [6.07, 6.45) is -0.427. The van der Waals surface area contributed by atoms with E-state index in [4.69, 9.17) is 4.74 Å². The molecule has 160 valence electrons. The van der Waals surface area contributed by atoms with Crippen molar-refractivity contribution in [1.82, 2.24) is 5.32 Å². The molecule has 0 bridgehead atoms. The second-order valence-electron chi connectivity index (χ2n) is 8.02. The van der Waals surface area contributed by atoms with E-state index in [-0.39, 0.29) is 23.6 Å². The highest BCUT2D eigenvalue weighted by Gasteiger charge is 2.43. The van der Waals surface area contributed by atoms with Crippen LogP contribution in [-0.2, 0) is 4.79 Å². The van der Waals surface area contributed by atoms with Crippen molar-refractivity contribution in [2.45, 2.75) is 57.0 Å². The quantitative estimate of drug-likeness (QED) is 0.703. The van der Waals surface area contributed by atoms with E-state index in [1.54, 1.807) is 12.1 Å². The smallest absolute Gasteiger partial charge is 0.457 e. The normalized spacial score (nSPS) is 26.7. The lowest BCUT2D eigenvalue weighted by molar-refractivity contribution is -0.274. The van der Waals surface area contributed by atoms with Crippen molar-refractivity contribution >= 4 is 5.78 Å². The van der Waals surface area contributed by atoms with Gasteiger partial charge in [-0.3, -0.25) is 4.79 Å². The number of fused-ring (bicyclic) bond motifs is 1. The van der Waals surface area contributed by atoms with Gasteiger partial charge in [0.2, 0.25) is 0 Å². The van der Waals surface area contributed by atoms with Gasteiger partial charge >= 0.3 is 6.36 Å². The molecule has 1 saturated carbocycles. The number of rotatable bonds is 4. The number of carbonyl (C=O) groups excluding carboxylic acids is 1. The van der Waals surface area contributed by atoms with E-state index >= 15 is 0 Å². The number of piperidine rings is 1. The maximum absolute atomic E-state index is 13.1. The number of ketones is 1. The Morgan fingerprint density at radius 3 is 2.10 bits per heavy atom. The predicted molar refractivity (Wildman–Crippen MR) is 106 cm³/mol. The van der Waals surface area contributed by atoms with Gasteiger partial charge in [-0.2, -0.15) is 0 Å². The average Bonchev–Trinajstić information content (AvgIpc) is 2.70. The third kappa shape index (κ3) is 4.61. The average molecular weight is 419 g/mol. The second-order valence-corrected chi connectivity index (χ2v) is 8.02. The van der Waals surface area contributed by atoms with E-state index in [1.165, 1.54) is 30.7 Å². The van der Waals surface area contributed by atoms with Crippen LogP contribution in [0.25, 0.3) is 0 Å². The van der Waals surface area contributed by atoms with Crippen molar-refractivity contribution in [3.05, 3.63) is 54.1 Å². The first-order valence-electron chi connectivity index (χ1n) is 10.2. The summed E-state index contributed by atoms with van der Waals surface area (Å²) in [6, 6.07) is 12.9. The Kier molecular flexibility index (Phi) is 5.73. The van der Waals surface area contributed by atoms with Crippen molar-refractivity contribution in [1.29, 1.82) is 0 Å². The van der Waals surface area contributed by atoms with Crippen LogP contribution >= 0.6 is 0 Å². The van der Waals surface area contributed by atoms with E-state index in [0.29, 0.717) is 23.3 Å². The fourth-order valence-corrected chi connectivity index (χ4v) is 4.62. The molecule has 0 spiro atoms. The molecular weight excluding hydrogens is 395 g/mol. The Morgan fingerprint density at radius 1 is 0.900 bits per heavy atom. The minimum atomic E-state index is -4.72. The van der Waals surface area contributed by atoms with Crippen LogP contribution in [0.2, 0.25) is 0 Å². The third-order valence-electron chi connectivity index (χ3n) is 5.95. The number of hydrogen-bond acceptors (Lipinski definition) is 4. The molecule has 1 saturated heterocycles. The minimum Gasteiger partial charge on any atom is -0.457 e.